The number of carbonyl (C=O) groups excluding carboxylic acids is 1. The fourth-order valence-corrected chi connectivity index (χ4v) is 3.25. The molecule has 0 spiro atoms. The second kappa shape index (κ2) is 9.91. The molecule has 0 aliphatic carbocycles. The number of ether oxygens (including phenoxy) is 1. The Labute approximate surface area is 146 Å². The van der Waals surface area contributed by atoms with E-state index in [4.69, 9.17) is 4.74 Å². The predicted octanol–water partition coefficient (Wildman–Crippen LogP) is 2.52. The van der Waals surface area contributed by atoms with E-state index in [1.54, 1.807) is 7.11 Å². The first kappa shape index (κ1) is 19.9. The van der Waals surface area contributed by atoms with Crippen LogP contribution in [0.15, 0.2) is 30.3 Å². The Hall–Kier alpha value is -1.10. The maximum atomic E-state index is 13.1. The Bertz CT molecular complexity index is 456. The summed E-state index contributed by atoms with van der Waals surface area (Å²) in [7, 11) is 1.69. The van der Waals surface area contributed by atoms with E-state index >= 15 is 0 Å². The van der Waals surface area contributed by atoms with Gasteiger partial charge in [0.1, 0.15) is 0 Å². The molecule has 0 unspecified atom stereocenters. The number of amides is 1. The van der Waals surface area contributed by atoms with Crippen molar-refractivity contribution >= 4 is 18.3 Å². The van der Waals surface area contributed by atoms with Crippen LogP contribution in [0.1, 0.15) is 25.3 Å². The number of benzene rings is 1. The zero-order valence-electron chi connectivity index (χ0n) is 14.2. The van der Waals surface area contributed by atoms with Crippen LogP contribution in [-0.2, 0) is 16.0 Å². The number of methoxy groups -OCH3 is 1. The zero-order valence-corrected chi connectivity index (χ0v) is 15.0. The van der Waals surface area contributed by atoms with E-state index in [9.17, 15) is 4.79 Å². The molecule has 23 heavy (non-hydrogen) atoms. The van der Waals surface area contributed by atoms with Crippen molar-refractivity contribution in [2.45, 2.75) is 26.2 Å². The number of nitrogens with one attached hydrogen (secondary N) is 1. The van der Waals surface area contributed by atoms with E-state index in [2.05, 4.69) is 24.4 Å². The molecule has 1 aromatic rings. The molecule has 0 atom stereocenters. The van der Waals surface area contributed by atoms with Gasteiger partial charge in [0, 0.05) is 20.2 Å². The van der Waals surface area contributed by atoms with Gasteiger partial charge in [-0.3, -0.25) is 4.79 Å². The molecule has 0 bridgehead atoms. The molecule has 1 amide bonds. The summed E-state index contributed by atoms with van der Waals surface area (Å²) in [4.78, 5) is 15.1. The van der Waals surface area contributed by atoms with Crippen LogP contribution in [0.4, 0.5) is 0 Å². The van der Waals surface area contributed by atoms with Gasteiger partial charge in [-0.25, -0.2) is 0 Å². The molecule has 1 aliphatic rings. The Kier molecular flexibility index (Phi) is 8.59. The van der Waals surface area contributed by atoms with Crippen molar-refractivity contribution in [3.05, 3.63) is 35.9 Å². The lowest BCUT2D eigenvalue weighted by atomic mass is 9.78. The Balaban J connectivity index is 0.00000264. The SMILES string of the molecule is CCN(CCc1ccccc1)C(=O)C1(COC)CCNCC1.Cl. The number of nitrogens with zero attached hydrogens (tertiary/aromatic N) is 1. The number of halogens is 1. The summed E-state index contributed by atoms with van der Waals surface area (Å²) in [6, 6.07) is 10.4. The van der Waals surface area contributed by atoms with Crippen LogP contribution in [0, 0.1) is 5.41 Å². The van der Waals surface area contributed by atoms with Crippen molar-refractivity contribution in [2.24, 2.45) is 5.41 Å². The maximum absolute atomic E-state index is 13.1. The van der Waals surface area contributed by atoms with E-state index in [-0.39, 0.29) is 23.7 Å². The number of likely N-dealkylation sites (N-methyl/N-ethyl adjacent to an activating group) is 1. The summed E-state index contributed by atoms with van der Waals surface area (Å²) in [6.07, 6.45) is 2.63. The smallest absolute Gasteiger partial charge is 0.231 e. The van der Waals surface area contributed by atoms with Crippen LogP contribution in [0.3, 0.4) is 0 Å². The highest BCUT2D eigenvalue weighted by Gasteiger charge is 2.41. The number of hydrogen-bond acceptors (Lipinski definition) is 3. The van der Waals surface area contributed by atoms with Crippen molar-refractivity contribution in [2.75, 3.05) is 39.9 Å². The molecular weight excluding hydrogens is 312 g/mol. The van der Waals surface area contributed by atoms with Gasteiger partial charge in [0.05, 0.1) is 12.0 Å². The Morgan fingerprint density at radius 1 is 1.26 bits per heavy atom. The molecule has 1 heterocycles. The van der Waals surface area contributed by atoms with Crippen LogP contribution < -0.4 is 5.32 Å². The summed E-state index contributed by atoms with van der Waals surface area (Å²) >= 11 is 0. The molecule has 0 saturated carbocycles. The van der Waals surface area contributed by atoms with Gasteiger partial charge in [0.15, 0.2) is 0 Å². The second-order valence-corrected chi connectivity index (χ2v) is 6.08. The third-order valence-electron chi connectivity index (χ3n) is 4.62. The molecule has 0 aromatic heterocycles. The molecule has 1 fully saturated rings. The van der Waals surface area contributed by atoms with E-state index in [1.807, 2.05) is 23.1 Å². The molecule has 1 N–H and O–H groups in total. The third kappa shape index (κ3) is 5.20. The van der Waals surface area contributed by atoms with Crippen molar-refractivity contribution in [3.8, 4) is 0 Å². The number of rotatable bonds is 7. The summed E-state index contributed by atoms with van der Waals surface area (Å²) in [6.45, 7) is 5.90. The average Bonchev–Trinajstić information content (AvgIpc) is 2.57. The minimum atomic E-state index is -0.341. The van der Waals surface area contributed by atoms with Crippen molar-refractivity contribution in [1.82, 2.24) is 10.2 Å². The lowest BCUT2D eigenvalue weighted by Gasteiger charge is -2.39. The quantitative estimate of drug-likeness (QED) is 0.829. The van der Waals surface area contributed by atoms with Crippen LogP contribution >= 0.6 is 12.4 Å². The fraction of sp³-hybridized carbons (Fsp3) is 0.611. The summed E-state index contributed by atoms with van der Waals surface area (Å²) in [5.41, 5.74) is 0.937. The minimum absolute atomic E-state index is 0. The van der Waals surface area contributed by atoms with Crippen LogP contribution in [-0.4, -0.2) is 50.7 Å². The first-order valence-electron chi connectivity index (χ1n) is 8.25. The number of piperidine rings is 1. The van der Waals surface area contributed by atoms with Crippen molar-refractivity contribution < 1.29 is 9.53 Å². The van der Waals surface area contributed by atoms with Crippen LogP contribution in [0.5, 0.6) is 0 Å². The summed E-state index contributed by atoms with van der Waals surface area (Å²) in [5.74, 6) is 0.259. The Morgan fingerprint density at radius 3 is 2.48 bits per heavy atom. The van der Waals surface area contributed by atoms with Crippen molar-refractivity contribution in [1.29, 1.82) is 0 Å². The van der Waals surface area contributed by atoms with Crippen LogP contribution in [0.2, 0.25) is 0 Å². The van der Waals surface area contributed by atoms with Gasteiger partial charge in [-0.15, -0.1) is 12.4 Å². The first-order valence-corrected chi connectivity index (χ1v) is 8.25. The molecular formula is C18H29ClN2O2. The zero-order chi connectivity index (χ0) is 15.8. The fourth-order valence-electron chi connectivity index (χ4n) is 3.25. The average molecular weight is 341 g/mol. The third-order valence-corrected chi connectivity index (χ3v) is 4.62. The molecule has 1 aliphatic heterocycles. The van der Waals surface area contributed by atoms with Gasteiger partial charge in [0.2, 0.25) is 5.91 Å². The molecule has 1 saturated heterocycles. The monoisotopic (exact) mass is 340 g/mol. The lowest BCUT2D eigenvalue weighted by Crippen LogP contribution is -2.52. The van der Waals surface area contributed by atoms with E-state index in [0.29, 0.717) is 6.61 Å². The molecule has 2 rings (SSSR count). The van der Waals surface area contributed by atoms with Gasteiger partial charge in [-0.2, -0.15) is 0 Å². The van der Waals surface area contributed by atoms with E-state index < -0.39 is 0 Å². The van der Waals surface area contributed by atoms with Gasteiger partial charge >= 0.3 is 0 Å². The summed E-state index contributed by atoms with van der Waals surface area (Å²) < 4.78 is 5.39. The second-order valence-electron chi connectivity index (χ2n) is 6.08. The van der Waals surface area contributed by atoms with Gasteiger partial charge in [-0.1, -0.05) is 30.3 Å². The van der Waals surface area contributed by atoms with E-state index in [0.717, 1.165) is 45.4 Å². The highest BCUT2D eigenvalue weighted by atomic mass is 35.5. The van der Waals surface area contributed by atoms with Gasteiger partial charge < -0.3 is 15.0 Å². The lowest BCUT2D eigenvalue weighted by molar-refractivity contribution is -0.147. The number of hydrogen-bond donors (Lipinski definition) is 1. The largest absolute Gasteiger partial charge is 0.384 e. The standard InChI is InChI=1S/C18H28N2O2.ClH/c1-3-20(14-9-16-7-5-4-6-8-16)17(21)18(15-22-2)10-12-19-13-11-18;/h4-8,19H,3,9-15H2,1-2H3;1H. The molecule has 130 valence electrons. The summed E-state index contributed by atoms with van der Waals surface area (Å²) in [5, 5.41) is 3.34. The highest BCUT2D eigenvalue weighted by molar-refractivity contribution is 5.85. The Morgan fingerprint density at radius 2 is 1.91 bits per heavy atom. The van der Waals surface area contributed by atoms with Crippen molar-refractivity contribution in [3.63, 3.8) is 0 Å². The molecule has 1 aromatic carbocycles. The first-order chi connectivity index (χ1) is 10.7. The maximum Gasteiger partial charge on any atom is 0.231 e. The molecule has 4 nitrogen and oxygen atoms in total. The normalized spacial score (nSPS) is 16.4. The topological polar surface area (TPSA) is 41.6 Å². The molecule has 0 radical (unpaired) electrons. The van der Waals surface area contributed by atoms with Gasteiger partial charge in [0.25, 0.3) is 0 Å². The highest BCUT2D eigenvalue weighted by Crippen LogP contribution is 2.31. The van der Waals surface area contributed by atoms with Gasteiger partial charge in [-0.05, 0) is 44.8 Å². The molecule has 5 heteroatoms. The van der Waals surface area contributed by atoms with E-state index in [1.165, 1.54) is 5.56 Å². The minimum Gasteiger partial charge on any atom is -0.384 e. The number of carbonyl (C=O) groups is 1. The van der Waals surface area contributed by atoms with Crippen LogP contribution in [0.25, 0.3) is 0 Å². The predicted molar refractivity (Wildman–Crippen MR) is 96.1 cm³/mol.